The fourth-order valence-electron chi connectivity index (χ4n) is 4.84. The summed E-state index contributed by atoms with van der Waals surface area (Å²) in [6.07, 6.45) is 6.29. The van der Waals surface area contributed by atoms with E-state index in [9.17, 15) is 4.79 Å². The Kier molecular flexibility index (Phi) is 6.10. The van der Waals surface area contributed by atoms with Gasteiger partial charge in [-0.1, -0.05) is 37.6 Å². The fraction of sp³-hybridized carbons (Fsp3) is 0.560. The predicted molar refractivity (Wildman–Crippen MR) is 129 cm³/mol. The average molecular weight is 451 g/mol. The largest absolute Gasteiger partial charge is 0.463 e. The van der Waals surface area contributed by atoms with Crippen LogP contribution in [0.4, 0.5) is 17.3 Å². The standard InChI is InChI=1S/C25H34N6O2/c1-2-3-13-33-24-28-21(26)20-22(29-24)31(17-25(9-10-25)23(32)27-20)16-19-8-6-7-18(14-19)15-30-11-4-5-12-30/h6-8,14H,2-5,9-13,15-17H2,1H3,(H,27,32)(H2,26,28,29). The van der Waals surface area contributed by atoms with Gasteiger partial charge in [-0.15, -0.1) is 0 Å². The Hall–Kier alpha value is -2.87. The number of anilines is 3. The molecule has 8 nitrogen and oxygen atoms in total. The zero-order valence-electron chi connectivity index (χ0n) is 19.5. The number of nitrogens with zero attached hydrogens (tertiary/aromatic N) is 4. The van der Waals surface area contributed by atoms with Gasteiger partial charge in [-0.3, -0.25) is 9.69 Å². The summed E-state index contributed by atoms with van der Waals surface area (Å²) in [6, 6.07) is 9.03. The molecule has 1 saturated carbocycles. The number of rotatable bonds is 8. The second-order valence-corrected chi connectivity index (χ2v) is 9.69. The number of hydrogen-bond donors (Lipinski definition) is 2. The molecule has 3 heterocycles. The highest BCUT2D eigenvalue weighted by Crippen LogP contribution is 2.51. The van der Waals surface area contributed by atoms with Crippen LogP contribution in [0.5, 0.6) is 6.01 Å². The van der Waals surface area contributed by atoms with Gasteiger partial charge in [-0.05, 0) is 56.3 Å². The van der Waals surface area contributed by atoms with Gasteiger partial charge in [0.25, 0.3) is 0 Å². The third-order valence-electron chi connectivity index (χ3n) is 6.96. The molecule has 2 aliphatic heterocycles. The minimum atomic E-state index is -0.371. The highest BCUT2D eigenvalue weighted by Gasteiger charge is 2.53. The monoisotopic (exact) mass is 450 g/mol. The maximum atomic E-state index is 13.0. The number of amides is 1. The molecule has 5 rings (SSSR count). The van der Waals surface area contributed by atoms with Crippen LogP contribution in [0.3, 0.4) is 0 Å². The SMILES string of the molecule is CCCCOc1nc(N)c2c(n1)N(Cc1cccc(CN3CCCC3)c1)CC1(CC1)C(=O)N2. The summed E-state index contributed by atoms with van der Waals surface area (Å²) in [6.45, 7) is 7.27. The lowest BCUT2D eigenvalue weighted by molar-refractivity contribution is -0.120. The third-order valence-corrected chi connectivity index (χ3v) is 6.96. The molecule has 1 aliphatic carbocycles. The van der Waals surface area contributed by atoms with E-state index in [0.717, 1.165) is 32.2 Å². The van der Waals surface area contributed by atoms with Gasteiger partial charge >= 0.3 is 6.01 Å². The molecule has 2 fully saturated rings. The quantitative estimate of drug-likeness (QED) is 0.594. The molecule has 3 aliphatic rings. The summed E-state index contributed by atoms with van der Waals surface area (Å²) in [5.74, 6) is 0.922. The number of likely N-dealkylation sites (tertiary alicyclic amines) is 1. The maximum absolute atomic E-state index is 13.0. The van der Waals surface area contributed by atoms with Crippen LogP contribution >= 0.6 is 0 Å². The summed E-state index contributed by atoms with van der Waals surface area (Å²) in [5, 5.41) is 3.02. The van der Waals surface area contributed by atoms with Crippen molar-refractivity contribution >= 4 is 23.2 Å². The minimum Gasteiger partial charge on any atom is -0.463 e. The number of hydrogen-bond acceptors (Lipinski definition) is 7. The fourth-order valence-corrected chi connectivity index (χ4v) is 4.84. The highest BCUT2D eigenvalue weighted by atomic mass is 16.5. The van der Waals surface area contributed by atoms with Crippen LogP contribution in [-0.2, 0) is 17.9 Å². The van der Waals surface area contributed by atoms with Gasteiger partial charge in [0.15, 0.2) is 11.6 Å². The molecule has 1 aromatic carbocycles. The topological polar surface area (TPSA) is 96.6 Å². The molecule has 0 atom stereocenters. The first kappa shape index (κ1) is 21.9. The molecule has 1 aromatic heterocycles. The van der Waals surface area contributed by atoms with Crippen LogP contribution in [-0.4, -0.2) is 47.0 Å². The van der Waals surface area contributed by atoms with Crippen molar-refractivity contribution in [3.8, 4) is 6.01 Å². The Bertz CT molecular complexity index is 1020. The van der Waals surface area contributed by atoms with Crippen LogP contribution < -0.4 is 20.7 Å². The normalized spacial score (nSPS) is 19.3. The first-order valence-corrected chi connectivity index (χ1v) is 12.2. The van der Waals surface area contributed by atoms with Crippen LogP contribution in [0.2, 0.25) is 0 Å². The molecule has 0 bridgehead atoms. The number of carbonyl (C=O) groups excluding carboxylic acids is 1. The molecular weight excluding hydrogens is 416 g/mol. The van der Waals surface area contributed by atoms with Crippen molar-refractivity contribution in [1.29, 1.82) is 0 Å². The first-order chi connectivity index (χ1) is 16.1. The predicted octanol–water partition coefficient (Wildman–Crippen LogP) is 3.57. The number of benzene rings is 1. The summed E-state index contributed by atoms with van der Waals surface area (Å²) in [5.41, 5.74) is 8.94. The molecule has 8 heteroatoms. The van der Waals surface area contributed by atoms with Crippen molar-refractivity contribution in [3.05, 3.63) is 35.4 Å². The zero-order valence-corrected chi connectivity index (χ0v) is 19.5. The van der Waals surface area contributed by atoms with Gasteiger partial charge in [0, 0.05) is 19.6 Å². The van der Waals surface area contributed by atoms with E-state index in [0.29, 0.717) is 31.2 Å². The molecule has 1 amide bonds. The summed E-state index contributed by atoms with van der Waals surface area (Å²) < 4.78 is 5.77. The number of nitrogen functional groups attached to an aromatic ring is 1. The second kappa shape index (κ2) is 9.17. The van der Waals surface area contributed by atoms with E-state index in [1.54, 1.807) is 0 Å². The zero-order chi connectivity index (χ0) is 22.8. The smallest absolute Gasteiger partial charge is 0.320 e. The number of nitrogens with two attached hydrogens (primary N) is 1. The minimum absolute atomic E-state index is 0.0176. The van der Waals surface area contributed by atoms with E-state index in [1.165, 1.54) is 37.1 Å². The number of unbranched alkanes of at least 4 members (excludes halogenated alkanes) is 1. The summed E-state index contributed by atoms with van der Waals surface area (Å²) in [7, 11) is 0. The molecule has 2 aromatic rings. The highest BCUT2D eigenvalue weighted by molar-refractivity contribution is 6.03. The second-order valence-electron chi connectivity index (χ2n) is 9.69. The van der Waals surface area contributed by atoms with Crippen LogP contribution in [0.1, 0.15) is 56.6 Å². The van der Waals surface area contributed by atoms with Gasteiger partial charge in [-0.25, -0.2) is 0 Å². The summed E-state index contributed by atoms with van der Waals surface area (Å²) >= 11 is 0. The Morgan fingerprint density at radius 2 is 1.91 bits per heavy atom. The van der Waals surface area contributed by atoms with E-state index in [-0.39, 0.29) is 23.2 Å². The molecule has 0 unspecified atom stereocenters. The van der Waals surface area contributed by atoms with Crippen molar-refractivity contribution in [2.45, 2.75) is 58.5 Å². The first-order valence-electron chi connectivity index (χ1n) is 12.2. The Labute approximate surface area is 195 Å². The lowest BCUT2D eigenvalue weighted by Gasteiger charge is -2.26. The number of fused-ring (bicyclic) bond motifs is 1. The third kappa shape index (κ3) is 4.76. The molecule has 0 radical (unpaired) electrons. The number of carbonyl (C=O) groups is 1. The van der Waals surface area contributed by atoms with Crippen molar-refractivity contribution in [3.63, 3.8) is 0 Å². The van der Waals surface area contributed by atoms with Crippen LogP contribution in [0.25, 0.3) is 0 Å². The van der Waals surface area contributed by atoms with Gasteiger partial charge < -0.3 is 20.7 Å². The Balaban J connectivity index is 1.43. The lowest BCUT2D eigenvalue weighted by atomic mass is 10.1. The van der Waals surface area contributed by atoms with Gasteiger partial charge in [0.05, 0.1) is 12.0 Å². The van der Waals surface area contributed by atoms with Gasteiger partial charge in [-0.2, -0.15) is 9.97 Å². The Morgan fingerprint density at radius 3 is 2.64 bits per heavy atom. The van der Waals surface area contributed by atoms with Crippen molar-refractivity contribution in [2.24, 2.45) is 5.41 Å². The van der Waals surface area contributed by atoms with E-state index < -0.39 is 0 Å². The van der Waals surface area contributed by atoms with E-state index >= 15 is 0 Å². The van der Waals surface area contributed by atoms with Crippen molar-refractivity contribution in [1.82, 2.24) is 14.9 Å². The number of aromatic nitrogens is 2. The van der Waals surface area contributed by atoms with Crippen LogP contribution in [0, 0.1) is 5.41 Å². The Morgan fingerprint density at radius 1 is 1.15 bits per heavy atom. The molecule has 1 spiro atoms. The lowest BCUT2D eigenvalue weighted by Crippen LogP contribution is -2.34. The summed E-state index contributed by atoms with van der Waals surface area (Å²) in [4.78, 5) is 26.7. The van der Waals surface area contributed by atoms with Gasteiger partial charge in [0.2, 0.25) is 5.91 Å². The number of ether oxygens (including phenoxy) is 1. The van der Waals surface area contributed by atoms with Crippen molar-refractivity contribution in [2.75, 3.05) is 42.2 Å². The van der Waals surface area contributed by atoms with Crippen molar-refractivity contribution < 1.29 is 9.53 Å². The molecular formula is C25H34N6O2. The average Bonchev–Trinajstić information content (AvgIpc) is 3.43. The van der Waals surface area contributed by atoms with E-state index in [1.807, 2.05) is 0 Å². The molecule has 3 N–H and O–H groups in total. The number of nitrogens with one attached hydrogen (secondary N) is 1. The van der Waals surface area contributed by atoms with E-state index in [2.05, 4.69) is 51.3 Å². The molecule has 1 saturated heterocycles. The molecule has 33 heavy (non-hydrogen) atoms. The van der Waals surface area contributed by atoms with Crippen LogP contribution in [0.15, 0.2) is 24.3 Å². The molecule has 176 valence electrons. The van der Waals surface area contributed by atoms with E-state index in [4.69, 9.17) is 15.5 Å². The maximum Gasteiger partial charge on any atom is 0.320 e. The van der Waals surface area contributed by atoms with Gasteiger partial charge in [0.1, 0.15) is 5.69 Å².